The molecule has 0 aliphatic carbocycles. The van der Waals surface area contributed by atoms with Crippen molar-refractivity contribution < 1.29 is 18.8 Å². The molecular formula is C25H20FN3O3S. The van der Waals surface area contributed by atoms with Gasteiger partial charge in [0.15, 0.2) is 0 Å². The van der Waals surface area contributed by atoms with Gasteiger partial charge < -0.3 is 5.32 Å². The first-order valence-electron chi connectivity index (χ1n) is 10.4. The van der Waals surface area contributed by atoms with Crippen molar-refractivity contribution >= 4 is 46.5 Å². The molecule has 0 aromatic heterocycles. The molecule has 1 N–H and O–H groups in total. The van der Waals surface area contributed by atoms with Crippen LogP contribution in [0.3, 0.4) is 0 Å². The number of carbonyl (C=O) groups is 3. The number of rotatable bonds is 4. The first-order chi connectivity index (χ1) is 15.9. The number of halogens is 1. The highest BCUT2D eigenvalue weighted by atomic mass is 32.2. The topological polar surface area (TPSA) is 69.7 Å². The number of anilines is 3. The molecule has 6 nitrogen and oxygen atoms in total. The number of thioether (sulfide) groups is 1. The summed E-state index contributed by atoms with van der Waals surface area (Å²) in [6.45, 7) is 1.71. The third-order valence-electron chi connectivity index (χ3n) is 5.73. The van der Waals surface area contributed by atoms with Crippen molar-refractivity contribution in [1.29, 1.82) is 0 Å². The minimum atomic E-state index is -1.38. The molecule has 166 valence electrons. The first-order valence-corrected chi connectivity index (χ1v) is 11.4. The average molecular weight is 462 g/mol. The van der Waals surface area contributed by atoms with Crippen LogP contribution in [-0.4, -0.2) is 30.0 Å². The van der Waals surface area contributed by atoms with Crippen molar-refractivity contribution in [1.82, 2.24) is 0 Å². The fraction of sp³-hybridized carbons (Fsp3) is 0.160. The number of amides is 3. The lowest BCUT2D eigenvalue weighted by atomic mass is 10.0. The fourth-order valence-electron chi connectivity index (χ4n) is 4.39. The summed E-state index contributed by atoms with van der Waals surface area (Å²) in [6, 6.07) is 20.2. The van der Waals surface area contributed by atoms with Gasteiger partial charge in [0.05, 0.1) is 11.4 Å². The second kappa shape index (κ2) is 8.04. The summed E-state index contributed by atoms with van der Waals surface area (Å²) in [5.74, 6) is -1.48. The van der Waals surface area contributed by atoms with Crippen LogP contribution in [0.25, 0.3) is 0 Å². The van der Waals surface area contributed by atoms with Crippen LogP contribution in [0.4, 0.5) is 21.5 Å². The van der Waals surface area contributed by atoms with Crippen molar-refractivity contribution in [3.8, 4) is 0 Å². The summed E-state index contributed by atoms with van der Waals surface area (Å²) >= 11 is 1.19. The van der Waals surface area contributed by atoms with Gasteiger partial charge in [0, 0.05) is 16.9 Å². The summed E-state index contributed by atoms with van der Waals surface area (Å²) in [5, 5.41) is 2.83. The Hall–Kier alpha value is -3.65. The third kappa shape index (κ3) is 3.47. The van der Waals surface area contributed by atoms with E-state index in [4.69, 9.17) is 0 Å². The number of nitrogens with zero attached hydrogens (tertiary/aromatic N) is 2. The van der Waals surface area contributed by atoms with Gasteiger partial charge in [-0.3, -0.25) is 24.2 Å². The maximum atomic E-state index is 14.0. The Morgan fingerprint density at radius 2 is 1.85 bits per heavy atom. The van der Waals surface area contributed by atoms with Gasteiger partial charge in [-0.25, -0.2) is 4.39 Å². The minimum Gasteiger partial charge on any atom is -0.325 e. The van der Waals surface area contributed by atoms with Gasteiger partial charge in [-0.05, 0) is 48.9 Å². The molecule has 2 aliphatic rings. The van der Waals surface area contributed by atoms with Crippen molar-refractivity contribution in [2.45, 2.75) is 11.8 Å². The predicted octanol–water partition coefficient (Wildman–Crippen LogP) is 4.05. The van der Waals surface area contributed by atoms with Crippen LogP contribution in [0.1, 0.15) is 11.1 Å². The zero-order chi connectivity index (χ0) is 23.2. The van der Waals surface area contributed by atoms with E-state index < -0.39 is 16.6 Å². The Morgan fingerprint density at radius 3 is 2.64 bits per heavy atom. The summed E-state index contributed by atoms with van der Waals surface area (Å²) in [6.07, 6.45) is 0. The lowest BCUT2D eigenvalue weighted by Crippen LogP contribution is -2.50. The Labute approximate surface area is 194 Å². The minimum absolute atomic E-state index is 0.0694. The van der Waals surface area contributed by atoms with E-state index >= 15 is 0 Å². The number of aryl methyl sites for hydroxylation is 1. The van der Waals surface area contributed by atoms with E-state index in [1.54, 1.807) is 36.4 Å². The Bertz CT molecular complexity index is 1300. The Kier molecular flexibility index (Phi) is 5.17. The summed E-state index contributed by atoms with van der Waals surface area (Å²) < 4.78 is 14.0. The molecule has 0 radical (unpaired) electrons. The fourth-order valence-corrected chi connectivity index (χ4v) is 5.75. The number of carbonyl (C=O) groups excluding carboxylic acids is 3. The molecule has 0 saturated carbocycles. The molecular weight excluding hydrogens is 441 g/mol. The zero-order valence-corrected chi connectivity index (χ0v) is 18.6. The lowest BCUT2D eigenvalue weighted by Gasteiger charge is -2.33. The highest BCUT2D eigenvalue weighted by molar-refractivity contribution is 8.02. The summed E-state index contributed by atoms with van der Waals surface area (Å²) in [4.78, 5) is 41.1. The van der Waals surface area contributed by atoms with E-state index in [0.717, 1.165) is 5.56 Å². The van der Waals surface area contributed by atoms with E-state index in [2.05, 4.69) is 5.32 Å². The summed E-state index contributed by atoms with van der Waals surface area (Å²) in [5.41, 5.74) is 3.12. The largest absolute Gasteiger partial charge is 0.325 e. The Balaban J connectivity index is 1.52. The number of nitrogens with one attached hydrogen (secondary N) is 1. The number of para-hydroxylation sites is 1. The third-order valence-corrected chi connectivity index (χ3v) is 7.12. The number of fused-ring (bicyclic) bond motifs is 2. The van der Waals surface area contributed by atoms with Gasteiger partial charge >= 0.3 is 0 Å². The predicted molar refractivity (Wildman–Crippen MR) is 127 cm³/mol. The normalized spacial score (nSPS) is 19.3. The van der Waals surface area contributed by atoms with Crippen LogP contribution in [0.15, 0.2) is 72.8 Å². The molecule has 0 bridgehead atoms. The maximum absolute atomic E-state index is 14.0. The molecule has 0 unspecified atom stereocenters. The van der Waals surface area contributed by atoms with Crippen LogP contribution in [0.5, 0.6) is 0 Å². The van der Waals surface area contributed by atoms with E-state index in [-0.39, 0.29) is 24.1 Å². The van der Waals surface area contributed by atoms with Crippen molar-refractivity contribution in [3.05, 3.63) is 89.7 Å². The molecule has 3 aromatic rings. The van der Waals surface area contributed by atoms with Crippen molar-refractivity contribution in [3.63, 3.8) is 0 Å². The number of benzene rings is 3. The molecule has 33 heavy (non-hydrogen) atoms. The second-order valence-corrected chi connectivity index (χ2v) is 9.14. The van der Waals surface area contributed by atoms with Crippen LogP contribution in [-0.2, 0) is 19.3 Å². The van der Waals surface area contributed by atoms with Gasteiger partial charge in [-0.15, -0.1) is 11.8 Å². The molecule has 1 fully saturated rings. The van der Waals surface area contributed by atoms with E-state index in [1.165, 1.54) is 39.8 Å². The van der Waals surface area contributed by atoms with Gasteiger partial charge in [-0.2, -0.15) is 0 Å². The van der Waals surface area contributed by atoms with Gasteiger partial charge in [-0.1, -0.05) is 36.4 Å². The first kappa shape index (κ1) is 21.2. The molecule has 5 rings (SSSR count). The summed E-state index contributed by atoms with van der Waals surface area (Å²) in [7, 11) is 0. The van der Waals surface area contributed by atoms with Gasteiger partial charge in [0.25, 0.3) is 5.91 Å². The smallest absolute Gasteiger partial charge is 0.269 e. The molecule has 2 heterocycles. The SMILES string of the molecule is Cc1cccc(NC(=O)CN2C(=O)[C@@]3(SCC(=O)N3c3cccc(F)c3)c3ccccc32)c1. The van der Waals surface area contributed by atoms with Crippen LogP contribution in [0.2, 0.25) is 0 Å². The highest BCUT2D eigenvalue weighted by Gasteiger charge is 2.61. The van der Waals surface area contributed by atoms with E-state index in [9.17, 15) is 18.8 Å². The van der Waals surface area contributed by atoms with Gasteiger partial charge in [0.2, 0.25) is 16.7 Å². The maximum Gasteiger partial charge on any atom is 0.269 e. The van der Waals surface area contributed by atoms with Crippen molar-refractivity contribution in [2.24, 2.45) is 0 Å². The molecule has 3 aromatic carbocycles. The van der Waals surface area contributed by atoms with Crippen LogP contribution >= 0.6 is 11.8 Å². The van der Waals surface area contributed by atoms with Crippen molar-refractivity contribution in [2.75, 3.05) is 27.4 Å². The second-order valence-electron chi connectivity index (χ2n) is 7.97. The quantitative estimate of drug-likeness (QED) is 0.637. The zero-order valence-electron chi connectivity index (χ0n) is 17.7. The van der Waals surface area contributed by atoms with Crippen LogP contribution in [0, 0.1) is 12.7 Å². The Morgan fingerprint density at radius 1 is 1.06 bits per heavy atom. The molecule has 3 amide bonds. The van der Waals surface area contributed by atoms with Crippen LogP contribution < -0.4 is 15.1 Å². The molecule has 1 saturated heterocycles. The highest BCUT2D eigenvalue weighted by Crippen LogP contribution is 2.55. The number of hydrogen-bond donors (Lipinski definition) is 1. The average Bonchev–Trinajstić information content (AvgIpc) is 3.25. The monoisotopic (exact) mass is 461 g/mol. The van der Waals surface area contributed by atoms with E-state index in [1.807, 2.05) is 25.1 Å². The van der Waals surface area contributed by atoms with E-state index in [0.29, 0.717) is 22.6 Å². The lowest BCUT2D eigenvalue weighted by molar-refractivity contribution is -0.124. The van der Waals surface area contributed by atoms with Gasteiger partial charge in [0.1, 0.15) is 12.4 Å². The number of hydrogen-bond acceptors (Lipinski definition) is 4. The molecule has 1 spiro atoms. The molecule has 8 heteroatoms. The molecule has 1 atom stereocenters. The standard InChI is InChI=1S/C25H20FN3O3S/c1-16-6-4-8-18(12-16)27-22(30)14-28-21-11-3-2-10-20(21)25(24(28)32)29(23(31)15-33-25)19-9-5-7-17(26)13-19/h2-13H,14-15H2,1H3,(H,27,30)/t25-/m0/s1. The molecule has 2 aliphatic heterocycles.